The van der Waals surface area contributed by atoms with Gasteiger partial charge in [-0.2, -0.15) is 0 Å². The molecule has 0 fully saturated rings. The van der Waals surface area contributed by atoms with Gasteiger partial charge in [-0.05, 0) is 11.6 Å². The summed E-state index contributed by atoms with van der Waals surface area (Å²) in [6, 6.07) is 3.71. The molecule has 80 valence electrons. The molecular formula is C11H12O4. The van der Waals surface area contributed by atoms with Crippen molar-refractivity contribution >= 4 is 5.97 Å². The molecule has 0 saturated carbocycles. The minimum absolute atomic E-state index is 0.228. The number of cyclic esters (lactones) is 1. The molecule has 0 amide bonds. The number of esters is 1. The van der Waals surface area contributed by atoms with E-state index in [4.69, 9.17) is 14.2 Å². The van der Waals surface area contributed by atoms with Crippen LogP contribution in [-0.2, 0) is 22.6 Å². The average molecular weight is 208 g/mol. The van der Waals surface area contributed by atoms with Gasteiger partial charge in [0.25, 0.3) is 0 Å². The number of fused-ring (bicyclic) bond motifs is 1. The van der Waals surface area contributed by atoms with Crippen LogP contribution in [0.4, 0.5) is 0 Å². The van der Waals surface area contributed by atoms with Gasteiger partial charge in [0, 0.05) is 5.56 Å². The minimum Gasteiger partial charge on any atom is -0.493 e. The van der Waals surface area contributed by atoms with Gasteiger partial charge in [0.2, 0.25) is 0 Å². The zero-order chi connectivity index (χ0) is 10.8. The third kappa shape index (κ3) is 1.63. The standard InChI is InChI=1S/C11H12O4/c1-13-9-4-3-7-6-15-10(12)5-8(7)11(9)14-2/h3-4H,5-6H2,1-2H3. The second-order valence-electron chi connectivity index (χ2n) is 3.28. The molecule has 1 aliphatic heterocycles. The van der Waals surface area contributed by atoms with Crippen LogP contribution in [0.25, 0.3) is 0 Å². The summed E-state index contributed by atoms with van der Waals surface area (Å²) in [4.78, 5) is 11.2. The highest BCUT2D eigenvalue weighted by molar-refractivity contribution is 5.76. The van der Waals surface area contributed by atoms with E-state index in [2.05, 4.69) is 0 Å². The Morgan fingerprint density at radius 3 is 2.73 bits per heavy atom. The molecule has 0 radical (unpaired) electrons. The lowest BCUT2D eigenvalue weighted by atomic mass is 10.0. The first kappa shape index (κ1) is 9.83. The van der Waals surface area contributed by atoms with Crippen molar-refractivity contribution in [3.63, 3.8) is 0 Å². The van der Waals surface area contributed by atoms with E-state index in [1.807, 2.05) is 12.1 Å². The van der Waals surface area contributed by atoms with Crippen LogP contribution < -0.4 is 9.47 Å². The Balaban J connectivity index is 2.52. The molecule has 0 atom stereocenters. The number of hydrogen-bond acceptors (Lipinski definition) is 4. The van der Waals surface area contributed by atoms with Gasteiger partial charge in [0.1, 0.15) is 6.61 Å². The van der Waals surface area contributed by atoms with E-state index in [1.54, 1.807) is 14.2 Å². The Labute approximate surface area is 87.8 Å². The lowest BCUT2D eigenvalue weighted by molar-refractivity contribution is -0.145. The fourth-order valence-electron chi connectivity index (χ4n) is 1.71. The van der Waals surface area contributed by atoms with E-state index in [1.165, 1.54) is 0 Å². The predicted octanol–water partition coefficient (Wildman–Crippen LogP) is 1.30. The third-order valence-electron chi connectivity index (χ3n) is 2.46. The maximum atomic E-state index is 11.2. The van der Waals surface area contributed by atoms with Crippen LogP contribution in [0.1, 0.15) is 11.1 Å². The van der Waals surface area contributed by atoms with Crippen LogP contribution in [0, 0.1) is 0 Å². The highest BCUT2D eigenvalue weighted by atomic mass is 16.5. The molecule has 0 spiro atoms. The van der Waals surface area contributed by atoms with E-state index in [9.17, 15) is 4.79 Å². The molecule has 4 nitrogen and oxygen atoms in total. The fourth-order valence-corrected chi connectivity index (χ4v) is 1.71. The van der Waals surface area contributed by atoms with Gasteiger partial charge in [-0.15, -0.1) is 0 Å². The molecule has 0 saturated heterocycles. The second kappa shape index (κ2) is 3.81. The fraction of sp³-hybridized carbons (Fsp3) is 0.364. The second-order valence-corrected chi connectivity index (χ2v) is 3.28. The highest BCUT2D eigenvalue weighted by Crippen LogP contribution is 2.35. The smallest absolute Gasteiger partial charge is 0.310 e. The van der Waals surface area contributed by atoms with E-state index in [0.717, 1.165) is 11.1 Å². The first-order valence-corrected chi connectivity index (χ1v) is 4.64. The molecule has 1 aromatic rings. The average Bonchev–Trinajstić information content (AvgIpc) is 2.27. The van der Waals surface area contributed by atoms with Crippen molar-refractivity contribution in [3.8, 4) is 11.5 Å². The molecule has 0 aliphatic carbocycles. The van der Waals surface area contributed by atoms with Crippen molar-refractivity contribution in [2.75, 3.05) is 14.2 Å². The van der Waals surface area contributed by atoms with E-state index in [0.29, 0.717) is 18.1 Å². The number of hydrogen-bond donors (Lipinski definition) is 0. The summed E-state index contributed by atoms with van der Waals surface area (Å²) in [6.07, 6.45) is 0.246. The van der Waals surface area contributed by atoms with Crippen LogP contribution in [0.15, 0.2) is 12.1 Å². The van der Waals surface area contributed by atoms with Crippen molar-refractivity contribution in [1.82, 2.24) is 0 Å². The number of benzene rings is 1. The van der Waals surface area contributed by atoms with Crippen molar-refractivity contribution in [1.29, 1.82) is 0 Å². The first-order chi connectivity index (χ1) is 7.26. The molecule has 2 rings (SSSR count). The Morgan fingerprint density at radius 1 is 1.27 bits per heavy atom. The number of rotatable bonds is 2. The Bertz CT molecular complexity index is 398. The van der Waals surface area contributed by atoms with Crippen LogP contribution in [0.5, 0.6) is 11.5 Å². The quantitative estimate of drug-likeness (QED) is 0.687. The largest absolute Gasteiger partial charge is 0.493 e. The molecule has 0 unspecified atom stereocenters. The maximum Gasteiger partial charge on any atom is 0.310 e. The van der Waals surface area contributed by atoms with E-state index < -0.39 is 0 Å². The summed E-state index contributed by atoms with van der Waals surface area (Å²) in [5.74, 6) is 1.05. The Kier molecular flexibility index (Phi) is 2.49. The van der Waals surface area contributed by atoms with E-state index in [-0.39, 0.29) is 12.4 Å². The van der Waals surface area contributed by atoms with Gasteiger partial charge in [-0.25, -0.2) is 0 Å². The first-order valence-electron chi connectivity index (χ1n) is 4.64. The number of carbonyl (C=O) groups is 1. The van der Waals surface area contributed by atoms with Crippen molar-refractivity contribution in [2.45, 2.75) is 13.0 Å². The van der Waals surface area contributed by atoms with Crippen molar-refractivity contribution < 1.29 is 19.0 Å². The van der Waals surface area contributed by atoms with Gasteiger partial charge >= 0.3 is 5.97 Å². The van der Waals surface area contributed by atoms with Gasteiger partial charge in [0.05, 0.1) is 20.6 Å². The summed E-state index contributed by atoms with van der Waals surface area (Å²) in [5, 5.41) is 0. The molecule has 0 aromatic heterocycles. The van der Waals surface area contributed by atoms with Crippen molar-refractivity contribution in [2.24, 2.45) is 0 Å². The van der Waals surface area contributed by atoms with Gasteiger partial charge < -0.3 is 14.2 Å². The predicted molar refractivity (Wildman–Crippen MR) is 53.0 cm³/mol. The zero-order valence-electron chi connectivity index (χ0n) is 8.70. The highest BCUT2D eigenvalue weighted by Gasteiger charge is 2.22. The van der Waals surface area contributed by atoms with Crippen LogP contribution in [0.2, 0.25) is 0 Å². The van der Waals surface area contributed by atoms with Crippen molar-refractivity contribution in [3.05, 3.63) is 23.3 Å². The van der Waals surface area contributed by atoms with Gasteiger partial charge in [0.15, 0.2) is 11.5 Å². The third-order valence-corrected chi connectivity index (χ3v) is 2.46. The van der Waals surface area contributed by atoms with Crippen LogP contribution >= 0.6 is 0 Å². The van der Waals surface area contributed by atoms with E-state index >= 15 is 0 Å². The Hall–Kier alpha value is -1.71. The maximum absolute atomic E-state index is 11.2. The van der Waals surface area contributed by atoms with Crippen LogP contribution in [0.3, 0.4) is 0 Å². The monoisotopic (exact) mass is 208 g/mol. The minimum atomic E-state index is -0.228. The summed E-state index contributed by atoms with van der Waals surface area (Å²) in [6.45, 7) is 0.314. The lowest BCUT2D eigenvalue weighted by Crippen LogP contribution is -2.17. The van der Waals surface area contributed by atoms with Crippen LogP contribution in [-0.4, -0.2) is 20.2 Å². The normalized spacial score (nSPS) is 14.1. The topological polar surface area (TPSA) is 44.8 Å². The SMILES string of the molecule is COc1ccc2c(c1OC)CC(=O)OC2. The molecule has 1 heterocycles. The van der Waals surface area contributed by atoms with Gasteiger partial charge in [-0.3, -0.25) is 4.79 Å². The zero-order valence-corrected chi connectivity index (χ0v) is 8.70. The summed E-state index contributed by atoms with van der Waals surface area (Å²) < 4.78 is 15.4. The summed E-state index contributed by atoms with van der Waals surface area (Å²) in [7, 11) is 3.14. The summed E-state index contributed by atoms with van der Waals surface area (Å²) in [5.41, 5.74) is 1.85. The number of carbonyl (C=O) groups excluding carboxylic acids is 1. The van der Waals surface area contributed by atoms with Gasteiger partial charge in [-0.1, -0.05) is 6.07 Å². The molecule has 4 heteroatoms. The summed E-state index contributed by atoms with van der Waals surface area (Å²) >= 11 is 0. The Morgan fingerprint density at radius 2 is 2.07 bits per heavy atom. The molecule has 1 aliphatic rings. The molecule has 0 bridgehead atoms. The molecule has 0 N–H and O–H groups in total. The number of ether oxygens (including phenoxy) is 3. The lowest BCUT2D eigenvalue weighted by Gasteiger charge is -2.20. The number of methoxy groups -OCH3 is 2. The molecule has 1 aromatic carbocycles. The molecule has 15 heavy (non-hydrogen) atoms. The molecular weight excluding hydrogens is 196 g/mol.